The number of guanidine groups is 1. The van der Waals surface area contributed by atoms with Gasteiger partial charge in [0.15, 0.2) is 5.96 Å². The summed E-state index contributed by atoms with van der Waals surface area (Å²) in [4.78, 5) is 11.6. The van der Waals surface area contributed by atoms with Gasteiger partial charge in [-0.15, -0.1) is 11.3 Å². The van der Waals surface area contributed by atoms with Crippen LogP contribution in [0.5, 0.6) is 0 Å². The lowest BCUT2D eigenvalue weighted by Crippen LogP contribution is -2.39. The maximum Gasteiger partial charge on any atom is 0.191 e. The first kappa shape index (κ1) is 20.2. The van der Waals surface area contributed by atoms with Crippen LogP contribution < -0.4 is 10.6 Å². The molecule has 0 amide bonds. The van der Waals surface area contributed by atoms with Gasteiger partial charge in [-0.3, -0.25) is 4.99 Å². The molecule has 2 rings (SSSR count). The molecule has 2 N–H and O–H groups in total. The third-order valence-electron chi connectivity index (χ3n) is 4.90. The summed E-state index contributed by atoms with van der Waals surface area (Å²) in [5.74, 6) is 1.36. The number of unbranched alkanes of at least 4 members (excludes halogenated alkanes) is 1. The number of hydrogen-bond donors (Lipinski definition) is 2. The standard InChI is InChI=1S/C19H35N5S/c1-15(2)17-14-25-18(23-17)13-22-19(20-4)21-10-6-8-12-24-11-7-5-9-16(24)3/h14-16H,5-13H2,1-4H3,(H2,20,21,22). The van der Waals surface area contributed by atoms with Crippen LogP contribution in [0.4, 0.5) is 0 Å². The molecule has 0 spiro atoms. The summed E-state index contributed by atoms with van der Waals surface area (Å²) in [6.45, 7) is 10.9. The minimum Gasteiger partial charge on any atom is -0.356 e. The lowest BCUT2D eigenvalue weighted by molar-refractivity contribution is 0.158. The summed E-state index contributed by atoms with van der Waals surface area (Å²) in [5.41, 5.74) is 1.18. The summed E-state index contributed by atoms with van der Waals surface area (Å²) in [6.07, 6.45) is 6.56. The van der Waals surface area contributed by atoms with Gasteiger partial charge >= 0.3 is 0 Å². The highest BCUT2D eigenvalue weighted by Gasteiger charge is 2.16. The van der Waals surface area contributed by atoms with Crippen molar-refractivity contribution in [2.24, 2.45) is 4.99 Å². The van der Waals surface area contributed by atoms with Gasteiger partial charge in [0.05, 0.1) is 12.2 Å². The molecule has 1 atom stereocenters. The molecule has 0 aromatic carbocycles. The van der Waals surface area contributed by atoms with Crippen LogP contribution in [0.1, 0.15) is 69.5 Å². The zero-order chi connectivity index (χ0) is 18.1. The average Bonchev–Trinajstić information content (AvgIpc) is 3.08. The molecule has 1 saturated heterocycles. The van der Waals surface area contributed by atoms with E-state index in [1.165, 1.54) is 50.9 Å². The molecule has 0 aliphatic carbocycles. The number of rotatable bonds is 8. The van der Waals surface area contributed by atoms with Crippen molar-refractivity contribution >= 4 is 17.3 Å². The number of hydrogen-bond acceptors (Lipinski definition) is 4. The van der Waals surface area contributed by atoms with Crippen LogP contribution in [0, 0.1) is 0 Å². The molecule has 25 heavy (non-hydrogen) atoms. The number of piperidine rings is 1. The minimum absolute atomic E-state index is 0.491. The van der Waals surface area contributed by atoms with Gasteiger partial charge < -0.3 is 15.5 Å². The molecule has 1 aliphatic heterocycles. The summed E-state index contributed by atoms with van der Waals surface area (Å²) >= 11 is 1.72. The lowest BCUT2D eigenvalue weighted by Gasteiger charge is -2.33. The highest BCUT2D eigenvalue weighted by molar-refractivity contribution is 7.09. The molecule has 0 radical (unpaired) electrons. The predicted molar refractivity (Wildman–Crippen MR) is 109 cm³/mol. The van der Waals surface area contributed by atoms with Crippen LogP contribution in [-0.4, -0.2) is 48.6 Å². The van der Waals surface area contributed by atoms with Crippen molar-refractivity contribution in [3.8, 4) is 0 Å². The molecule has 6 heteroatoms. The number of aromatic nitrogens is 1. The van der Waals surface area contributed by atoms with Crippen LogP contribution in [0.2, 0.25) is 0 Å². The van der Waals surface area contributed by atoms with Crippen LogP contribution in [-0.2, 0) is 6.54 Å². The largest absolute Gasteiger partial charge is 0.356 e. The van der Waals surface area contributed by atoms with Crippen molar-refractivity contribution in [3.63, 3.8) is 0 Å². The van der Waals surface area contributed by atoms with Crippen molar-refractivity contribution in [1.29, 1.82) is 0 Å². The monoisotopic (exact) mass is 365 g/mol. The molecule has 2 heterocycles. The highest BCUT2D eigenvalue weighted by Crippen LogP contribution is 2.18. The summed E-state index contributed by atoms with van der Waals surface area (Å²) < 4.78 is 0. The Bertz CT molecular complexity index is 526. The van der Waals surface area contributed by atoms with Gasteiger partial charge in [0.1, 0.15) is 5.01 Å². The second kappa shape index (κ2) is 10.8. The zero-order valence-electron chi connectivity index (χ0n) is 16.3. The predicted octanol–water partition coefficient (Wildman–Crippen LogP) is 3.59. The molecule has 1 fully saturated rings. The van der Waals surface area contributed by atoms with Crippen LogP contribution in [0.15, 0.2) is 10.4 Å². The Morgan fingerprint density at radius 2 is 2.20 bits per heavy atom. The van der Waals surface area contributed by atoms with Gasteiger partial charge in [0, 0.05) is 25.0 Å². The van der Waals surface area contributed by atoms with Gasteiger partial charge in [0.2, 0.25) is 0 Å². The summed E-state index contributed by atoms with van der Waals surface area (Å²) in [5, 5.41) is 10.0. The first-order chi connectivity index (χ1) is 12.1. The third-order valence-corrected chi connectivity index (χ3v) is 5.76. The Morgan fingerprint density at radius 1 is 1.36 bits per heavy atom. The average molecular weight is 366 g/mol. The Balaban J connectivity index is 1.60. The van der Waals surface area contributed by atoms with Gasteiger partial charge in [-0.1, -0.05) is 20.3 Å². The zero-order valence-corrected chi connectivity index (χ0v) is 17.2. The van der Waals surface area contributed by atoms with E-state index in [9.17, 15) is 0 Å². The van der Waals surface area contributed by atoms with Crippen molar-refractivity contribution in [1.82, 2.24) is 20.5 Å². The van der Waals surface area contributed by atoms with E-state index < -0.39 is 0 Å². The second-order valence-electron chi connectivity index (χ2n) is 7.26. The highest BCUT2D eigenvalue weighted by atomic mass is 32.1. The van der Waals surface area contributed by atoms with Crippen molar-refractivity contribution in [2.75, 3.05) is 26.7 Å². The molecule has 1 aromatic rings. The van der Waals surface area contributed by atoms with Gasteiger partial charge in [-0.05, 0) is 51.6 Å². The first-order valence-electron chi connectivity index (χ1n) is 9.73. The summed E-state index contributed by atoms with van der Waals surface area (Å²) in [7, 11) is 1.83. The second-order valence-corrected chi connectivity index (χ2v) is 8.20. The Kier molecular flexibility index (Phi) is 8.68. The van der Waals surface area contributed by atoms with Crippen LogP contribution in [0.25, 0.3) is 0 Å². The number of nitrogens with zero attached hydrogens (tertiary/aromatic N) is 3. The first-order valence-corrected chi connectivity index (χ1v) is 10.6. The van der Waals surface area contributed by atoms with E-state index in [2.05, 4.69) is 51.7 Å². The third kappa shape index (κ3) is 6.94. The molecule has 0 saturated carbocycles. The van der Waals surface area contributed by atoms with E-state index >= 15 is 0 Å². The molecule has 1 unspecified atom stereocenters. The van der Waals surface area contributed by atoms with Crippen molar-refractivity contribution in [3.05, 3.63) is 16.1 Å². The number of nitrogens with one attached hydrogen (secondary N) is 2. The maximum atomic E-state index is 4.65. The molecule has 1 aliphatic rings. The fourth-order valence-electron chi connectivity index (χ4n) is 3.19. The van der Waals surface area contributed by atoms with Crippen LogP contribution >= 0.6 is 11.3 Å². The van der Waals surface area contributed by atoms with E-state index in [-0.39, 0.29) is 0 Å². The van der Waals surface area contributed by atoms with E-state index in [1.807, 2.05) is 7.05 Å². The molecular weight excluding hydrogens is 330 g/mol. The van der Waals surface area contributed by atoms with E-state index in [0.717, 1.165) is 30.1 Å². The minimum atomic E-state index is 0.491. The summed E-state index contributed by atoms with van der Waals surface area (Å²) in [6, 6.07) is 0.769. The maximum absolute atomic E-state index is 4.65. The SMILES string of the molecule is CN=C(NCCCCN1CCCCC1C)NCc1nc(C(C)C)cs1. The van der Waals surface area contributed by atoms with Crippen molar-refractivity contribution < 1.29 is 0 Å². The smallest absolute Gasteiger partial charge is 0.191 e. The lowest BCUT2D eigenvalue weighted by atomic mass is 10.0. The van der Waals surface area contributed by atoms with Gasteiger partial charge in [-0.2, -0.15) is 0 Å². The Morgan fingerprint density at radius 3 is 2.88 bits per heavy atom. The molecule has 1 aromatic heterocycles. The molecular formula is C19H35N5S. The molecule has 142 valence electrons. The quantitative estimate of drug-likeness (QED) is 0.420. The topological polar surface area (TPSA) is 52.6 Å². The van der Waals surface area contributed by atoms with Crippen molar-refractivity contribution in [2.45, 2.75) is 71.4 Å². The van der Waals surface area contributed by atoms with Gasteiger partial charge in [0.25, 0.3) is 0 Å². The Labute approximate surface area is 157 Å². The Hall–Kier alpha value is -1.14. The normalized spacial score (nSPS) is 19.4. The fraction of sp³-hybridized carbons (Fsp3) is 0.789. The van der Waals surface area contributed by atoms with E-state index in [0.29, 0.717) is 5.92 Å². The molecule has 0 bridgehead atoms. The number of aliphatic imine (C=N–C) groups is 1. The van der Waals surface area contributed by atoms with E-state index in [1.54, 1.807) is 11.3 Å². The van der Waals surface area contributed by atoms with Crippen LogP contribution in [0.3, 0.4) is 0 Å². The fourth-order valence-corrected chi connectivity index (χ4v) is 4.08. The molecule has 5 nitrogen and oxygen atoms in total. The number of thiazole rings is 1. The van der Waals surface area contributed by atoms with E-state index in [4.69, 9.17) is 0 Å². The van der Waals surface area contributed by atoms with Gasteiger partial charge in [-0.25, -0.2) is 4.98 Å². The number of likely N-dealkylation sites (tertiary alicyclic amines) is 1.